The van der Waals surface area contributed by atoms with Crippen LogP contribution in [0.2, 0.25) is 0 Å². The minimum Gasteiger partial charge on any atom is -0.457 e. The standard InChI is InChI=1S/C32H34O2/c1-31(2,3)25-11-19-29(20-12-25)33-27-15-7-23(8-16-27)24-9-17-28(18-10-24)34-30-21-13-26(14-22-30)32(4,5)6/h7-22H,1-6H3. The second kappa shape index (κ2) is 9.38. The molecule has 2 heteroatoms. The van der Waals surface area contributed by atoms with Gasteiger partial charge in [-0.2, -0.15) is 0 Å². The van der Waals surface area contributed by atoms with Crippen LogP contribution in [0.15, 0.2) is 97.1 Å². The highest BCUT2D eigenvalue weighted by molar-refractivity contribution is 5.65. The molecule has 0 spiro atoms. The van der Waals surface area contributed by atoms with E-state index in [9.17, 15) is 0 Å². The van der Waals surface area contributed by atoms with Crippen molar-refractivity contribution in [3.63, 3.8) is 0 Å². The lowest BCUT2D eigenvalue weighted by atomic mass is 9.87. The zero-order chi connectivity index (χ0) is 24.3. The fraction of sp³-hybridized carbons (Fsp3) is 0.250. The Morgan fingerprint density at radius 3 is 0.824 bits per heavy atom. The number of benzene rings is 4. The topological polar surface area (TPSA) is 18.5 Å². The predicted molar refractivity (Wildman–Crippen MR) is 142 cm³/mol. The maximum atomic E-state index is 6.03. The summed E-state index contributed by atoms with van der Waals surface area (Å²) < 4.78 is 12.1. The van der Waals surface area contributed by atoms with Gasteiger partial charge < -0.3 is 9.47 Å². The van der Waals surface area contributed by atoms with Crippen LogP contribution in [-0.2, 0) is 10.8 Å². The molecule has 0 aliphatic heterocycles. The van der Waals surface area contributed by atoms with Crippen molar-refractivity contribution >= 4 is 0 Å². The van der Waals surface area contributed by atoms with E-state index in [0.717, 1.165) is 34.1 Å². The number of hydrogen-bond donors (Lipinski definition) is 0. The summed E-state index contributed by atoms with van der Waals surface area (Å²) in [6.45, 7) is 13.3. The minimum atomic E-state index is 0.137. The van der Waals surface area contributed by atoms with E-state index in [4.69, 9.17) is 9.47 Å². The minimum absolute atomic E-state index is 0.137. The third-order valence-corrected chi connectivity index (χ3v) is 5.95. The van der Waals surface area contributed by atoms with Crippen molar-refractivity contribution in [2.45, 2.75) is 52.4 Å². The summed E-state index contributed by atoms with van der Waals surface area (Å²) in [5.74, 6) is 3.34. The van der Waals surface area contributed by atoms with Gasteiger partial charge in [-0.25, -0.2) is 0 Å². The van der Waals surface area contributed by atoms with E-state index < -0.39 is 0 Å². The van der Waals surface area contributed by atoms with Crippen molar-refractivity contribution < 1.29 is 9.47 Å². The van der Waals surface area contributed by atoms with Crippen LogP contribution in [0.1, 0.15) is 52.7 Å². The van der Waals surface area contributed by atoms with Crippen LogP contribution in [0.25, 0.3) is 11.1 Å². The summed E-state index contributed by atoms with van der Waals surface area (Å²) in [4.78, 5) is 0. The first-order valence-corrected chi connectivity index (χ1v) is 11.9. The van der Waals surface area contributed by atoms with Gasteiger partial charge in [0.05, 0.1) is 0 Å². The Kier molecular flexibility index (Phi) is 6.52. The van der Waals surface area contributed by atoms with Gasteiger partial charge in [0.2, 0.25) is 0 Å². The van der Waals surface area contributed by atoms with Gasteiger partial charge in [0, 0.05) is 0 Å². The predicted octanol–water partition coefficient (Wildman–Crippen LogP) is 9.53. The first-order valence-electron chi connectivity index (χ1n) is 11.9. The molecule has 0 aliphatic rings. The van der Waals surface area contributed by atoms with Gasteiger partial charge in [-0.05, 0) is 81.6 Å². The average molecular weight is 451 g/mol. The van der Waals surface area contributed by atoms with Gasteiger partial charge in [0.25, 0.3) is 0 Å². The van der Waals surface area contributed by atoms with E-state index in [1.807, 2.05) is 48.5 Å². The molecule has 0 unspecified atom stereocenters. The SMILES string of the molecule is CC(C)(C)c1ccc(Oc2ccc(-c3ccc(Oc4ccc(C(C)(C)C)cc4)cc3)cc2)cc1. The molecule has 4 rings (SSSR count). The van der Waals surface area contributed by atoms with E-state index >= 15 is 0 Å². The molecule has 2 nitrogen and oxygen atoms in total. The quantitative estimate of drug-likeness (QED) is 0.301. The van der Waals surface area contributed by atoms with Crippen LogP contribution in [-0.4, -0.2) is 0 Å². The molecule has 0 saturated carbocycles. The summed E-state index contributed by atoms with van der Waals surface area (Å²) in [5.41, 5.74) is 5.14. The van der Waals surface area contributed by atoms with E-state index in [1.165, 1.54) is 11.1 Å². The van der Waals surface area contributed by atoms with Crippen molar-refractivity contribution in [3.8, 4) is 34.1 Å². The molecular formula is C32H34O2. The number of ether oxygens (including phenoxy) is 2. The lowest BCUT2D eigenvalue weighted by Crippen LogP contribution is -2.10. The molecule has 174 valence electrons. The second-order valence-electron chi connectivity index (χ2n) is 10.8. The smallest absolute Gasteiger partial charge is 0.127 e. The Hall–Kier alpha value is -3.52. The Morgan fingerprint density at radius 1 is 0.353 bits per heavy atom. The summed E-state index contributed by atoms with van der Waals surface area (Å²) in [5, 5.41) is 0. The zero-order valence-electron chi connectivity index (χ0n) is 21.1. The fourth-order valence-electron chi connectivity index (χ4n) is 3.75. The van der Waals surface area contributed by atoms with Crippen molar-refractivity contribution in [1.29, 1.82) is 0 Å². The fourth-order valence-corrected chi connectivity index (χ4v) is 3.75. The molecule has 0 aromatic heterocycles. The molecule has 0 fully saturated rings. The zero-order valence-corrected chi connectivity index (χ0v) is 21.1. The summed E-state index contributed by atoms with van der Waals surface area (Å²) in [6.07, 6.45) is 0. The van der Waals surface area contributed by atoms with Crippen LogP contribution < -0.4 is 9.47 Å². The van der Waals surface area contributed by atoms with Gasteiger partial charge >= 0.3 is 0 Å². The molecule has 34 heavy (non-hydrogen) atoms. The lowest BCUT2D eigenvalue weighted by molar-refractivity contribution is 0.481. The second-order valence-corrected chi connectivity index (χ2v) is 10.8. The molecule has 0 saturated heterocycles. The lowest BCUT2D eigenvalue weighted by Gasteiger charge is -2.19. The normalized spacial score (nSPS) is 11.8. The monoisotopic (exact) mass is 450 g/mol. The maximum Gasteiger partial charge on any atom is 0.127 e. The molecule has 0 heterocycles. The van der Waals surface area contributed by atoms with Gasteiger partial charge in [0.15, 0.2) is 0 Å². The average Bonchev–Trinajstić information content (AvgIpc) is 2.80. The Labute approximate surface area is 204 Å². The Morgan fingerprint density at radius 2 is 0.588 bits per heavy atom. The van der Waals surface area contributed by atoms with Crippen LogP contribution in [0.4, 0.5) is 0 Å². The summed E-state index contributed by atoms with van der Waals surface area (Å²) in [7, 11) is 0. The third-order valence-electron chi connectivity index (χ3n) is 5.95. The van der Waals surface area contributed by atoms with Crippen molar-refractivity contribution in [3.05, 3.63) is 108 Å². The number of hydrogen-bond acceptors (Lipinski definition) is 2. The molecule has 0 amide bonds. The highest BCUT2D eigenvalue weighted by Crippen LogP contribution is 2.31. The van der Waals surface area contributed by atoms with Crippen molar-refractivity contribution in [2.24, 2.45) is 0 Å². The molecule has 4 aromatic rings. The first kappa shape index (κ1) is 23.6. The largest absolute Gasteiger partial charge is 0.457 e. The Bertz CT molecular complexity index is 1100. The van der Waals surface area contributed by atoms with E-state index in [1.54, 1.807) is 0 Å². The highest BCUT2D eigenvalue weighted by atomic mass is 16.5. The van der Waals surface area contributed by atoms with Crippen LogP contribution in [0.5, 0.6) is 23.0 Å². The molecule has 0 N–H and O–H groups in total. The molecule has 0 radical (unpaired) electrons. The molecule has 0 atom stereocenters. The van der Waals surface area contributed by atoms with Crippen LogP contribution in [0, 0.1) is 0 Å². The summed E-state index contributed by atoms with van der Waals surface area (Å²) >= 11 is 0. The molecule has 4 aromatic carbocycles. The molecule has 0 aliphatic carbocycles. The third kappa shape index (κ3) is 5.88. The summed E-state index contributed by atoms with van der Waals surface area (Å²) in [6, 6.07) is 33.0. The van der Waals surface area contributed by atoms with Crippen molar-refractivity contribution in [1.82, 2.24) is 0 Å². The van der Waals surface area contributed by atoms with E-state index in [2.05, 4.69) is 90.1 Å². The Balaban J connectivity index is 1.39. The van der Waals surface area contributed by atoms with Gasteiger partial charge in [-0.15, -0.1) is 0 Å². The number of rotatable bonds is 5. The van der Waals surface area contributed by atoms with Gasteiger partial charge in [0.1, 0.15) is 23.0 Å². The first-order chi connectivity index (χ1) is 16.1. The van der Waals surface area contributed by atoms with Crippen molar-refractivity contribution in [2.75, 3.05) is 0 Å². The molecular weight excluding hydrogens is 416 g/mol. The highest BCUT2D eigenvalue weighted by Gasteiger charge is 2.14. The maximum absolute atomic E-state index is 6.03. The van der Waals surface area contributed by atoms with Gasteiger partial charge in [-0.1, -0.05) is 90.1 Å². The van der Waals surface area contributed by atoms with Crippen LogP contribution >= 0.6 is 0 Å². The molecule has 0 bridgehead atoms. The van der Waals surface area contributed by atoms with Crippen LogP contribution in [0.3, 0.4) is 0 Å². The van der Waals surface area contributed by atoms with E-state index in [0.29, 0.717) is 0 Å². The van der Waals surface area contributed by atoms with E-state index in [-0.39, 0.29) is 10.8 Å². The van der Waals surface area contributed by atoms with Gasteiger partial charge in [-0.3, -0.25) is 0 Å².